The molecule has 0 aromatic heterocycles. The van der Waals surface area contributed by atoms with Gasteiger partial charge in [-0.25, -0.2) is 0 Å². The highest BCUT2D eigenvalue weighted by molar-refractivity contribution is 4.94. The van der Waals surface area contributed by atoms with Gasteiger partial charge in [0.05, 0.1) is 0 Å². The molecule has 0 fully saturated rings. The maximum absolute atomic E-state index is 2.31. The Labute approximate surface area is 71.7 Å². The molecular weight excluding hydrogens is 132 g/mol. The number of hydrogen-bond donors (Lipinski definition) is 0. The SMILES string of the molecule is CC.CC(C)CC1CC=CC1. The summed E-state index contributed by atoms with van der Waals surface area (Å²) >= 11 is 0. The molecule has 0 bridgehead atoms. The van der Waals surface area contributed by atoms with Crippen LogP contribution in [0.3, 0.4) is 0 Å². The summed E-state index contributed by atoms with van der Waals surface area (Å²) < 4.78 is 0. The first-order valence-corrected chi connectivity index (χ1v) is 4.94. The van der Waals surface area contributed by atoms with Gasteiger partial charge in [0.2, 0.25) is 0 Å². The Morgan fingerprint density at radius 1 is 1.18 bits per heavy atom. The van der Waals surface area contributed by atoms with Gasteiger partial charge in [-0.1, -0.05) is 39.8 Å². The Hall–Kier alpha value is -0.260. The van der Waals surface area contributed by atoms with Gasteiger partial charge >= 0.3 is 0 Å². The predicted octanol–water partition coefficient (Wildman–Crippen LogP) is 4.02. The molecule has 0 aromatic carbocycles. The van der Waals surface area contributed by atoms with Crippen LogP contribution in [0.25, 0.3) is 0 Å². The molecule has 0 spiro atoms. The molecule has 0 saturated carbocycles. The van der Waals surface area contributed by atoms with Crippen molar-refractivity contribution in [3.8, 4) is 0 Å². The first-order valence-electron chi connectivity index (χ1n) is 4.94. The summed E-state index contributed by atoms with van der Waals surface area (Å²) in [5, 5.41) is 0. The van der Waals surface area contributed by atoms with E-state index in [4.69, 9.17) is 0 Å². The maximum Gasteiger partial charge on any atom is -0.0319 e. The van der Waals surface area contributed by atoms with Crippen molar-refractivity contribution in [2.24, 2.45) is 11.8 Å². The third-order valence-corrected chi connectivity index (χ3v) is 1.91. The van der Waals surface area contributed by atoms with Crippen LogP contribution in [0.1, 0.15) is 47.0 Å². The third-order valence-electron chi connectivity index (χ3n) is 1.91. The zero-order chi connectivity index (χ0) is 8.69. The van der Waals surface area contributed by atoms with Gasteiger partial charge in [0, 0.05) is 0 Å². The van der Waals surface area contributed by atoms with Crippen LogP contribution >= 0.6 is 0 Å². The van der Waals surface area contributed by atoms with E-state index in [2.05, 4.69) is 26.0 Å². The first-order chi connectivity index (χ1) is 5.29. The summed E-state index contributed by atoms with van der Waals surface area (Å²) in [5.74, 6) is 1.86. The molecule has 1 rings (SSSR count). The Bertz CT molecular complexity index is 92.6. The fourth-order valence-electron chi connectivity index (χ4n) is 1.53. The van der Waals surface area contributed by atoms with Crippen LogP contribution in [0.15, 0.2) is 12.2 Å². The van der Waals surface area contributed by atoms with Gasteiger partial charge in [0.25, 0.3) is 0 Å². The van der Waals surface area contributed by atoms with Crippen molar-refractivity contribution in [3.05, 3.63) is 12.2 Å². The molecule has 0 radical (unpaired) electrons. The molecule has 0 nitrogen and oxygen atoms in total. The lowest BCUT2D eigenvalue weighted by Crippen LogP contribution is -1.98. The zero-order valence-corrected chi connectivity index (χ0v) is 8.43. The molecule has 0 saturated heterocycles. The molecule has 0 amide bonds. The lowest BCUT2D eigenvalue weighted by molar-refractivity contribution is 0.430. The topological polar surface area (TPSA) is 0 Å². The van der Waals surface area contributed by atoms with E-state index in [1.54, 1.807) is 0 Å². The molecule has 0 N–H and O–H groups in total. The molecule has 11 heavy (non-hydrogen) atoms. The van der Waals surface area contributed by atoms with Crippen molar-refractivity contribution in [2.45, 2.75) is 47.0 Å². The average molecular weight is 154 g/mol. The summed E-state index contributed by atoms with van der Waals surface area (Å²) in [6.07, 6.45) is 8.70. The van der Waals surface area contributed by atoms with E-state index in [0.29, 0.717) is 0 Å². The van der Waals surface area contributed by atoms with E-state index in [1.165, 1.54) is 19.3 Å². The second kappa shape index (κ2) is 6.45. The van der Waals surface area contributed by atoms with Gasteiger partial charge in [0.15, 0.2) is 0 Å². The van der Waals surface area contributed by atoms with Crippen LogP contribution < -0.4 is 0 Å². The second-order valence-electron chi connectivity index (χ2n) is 3.44. The highest BCUT2D eigenvalue weighted by atomic mass is 14.2. The quantitative estimate of drug-likeness (QED) is 0.527. The monoisotopic (exact) mass is 154 g/mol. The molecule has 0 aromatic rings. The molecule has 0 atom stereocenters. The Morgan fingerprint density at radius 3 is 2.00 bits per heavy atom. The fourth-order valence-corrected chi connectivity index (χ4v) is 1.53. The van der Waals surface area contributed by atoms with Gasteiger partial charge in [-0.3, -0.25) is 0 Å². The largest absolute Gasteiger partial charge is 0.0882 e. The maximum atomic E-state index is 2.31. The standard InChI is InChI=1S/C9H16.C2H6/c1-8(2)7-9-5-3-4-6-9;1-2/h3-4,8-9H,5-7H2,1-2H3;1-2H3. The summed E-state index contributed by atoms with van der Waals surface area (Å²) in [6, 6.07) is 0. The molecule has 66 valence electrons. The molecule has 1 aliphatic rings. The summed E-state index contributed by atoms with van der Waals surface area (Å²) in [5.41, 5.74) is 0. The van der Waals surface area contributed by atoms with E-state index in [9.17, 15) is 0 Å². The predicted molar refractivity (Wildman–Crippen MR) is 52.7 cm³/mol. The van der Waals surface area contributed by atoms with Crippen molar-refractivity contribution in [1.29, 1.82) is 0 Å². The van der Waals surface area contributed by atoms with Crippen LogP contribution in [0.5, 0.6) is 0 Å². The lowest BCUT2D eigenvalue weighted by Gasteiger charge is -2.10. The van der Waals surface area contributed by atoms with Crippen LogP contribution in [0.2, 0.25) is 0 Å². The van der Waals surface area contributed by atoms with Gasteiger partial charge in [-0.15, -0.1) is 0 Å². The van der Waals surface area contributed by atoms with Crippen molar-refractivity contribution in [3.63, 3.8) is 0 Å². The van der Waals surface area contributed by atoms with Gasteiger partial charge in [-0.05, 0) is 31.1 Å². The zero-order valence-electron chi connectivity index (χ0n) is 8.43. The third kappa shape index (κ3) is 5.06. The fraction of sp³-hybridized carbons (Fsp3) is 0.818. The average Bonchev–Trinajstić information content (AvgIpc) is 2.43. The highest BCUT2D eigenvalue weighted by Crippen LogP contribution is 2.24. The Balaban J connectivity index is 0.000000461. The highest BCUT2D eigenvalue weighted by Gasteiger charge is 2.10. The summed E-state index contributed by atoms with van der Waals surface area (Å²) in [6.45, 7) is 8.61. The van der Waals surface area contributed by atoms with Crippen molar-refractivity contribution >= 4 is 0 Å². The van der Waals surface area contributed by atoms with Crippen molar-refractivity contribution in [1.82, 2.24) is 0 Å². The van der Waals surface area contributed by atoms with E-state index < -0.39 is 0 Å². The molecule has 0 unspecified atom stereocenters. The van der Waals surface area contributed by atoms with Crippen molar-refractivity contribution < 1.29 is 0 Å². The van der Waals surface area contributed by atoms with Gasteiger partial charge < -0.3 is 0 Å². The van der Waals surface area contributed by atoms with E-state index in [0.717, 1.165) is 11.8 Å². The minimum Gasteiger partial charge on any atom is -0.0882 e. The molecule has 0 aliphatic heterocycles. The number of hydrogen-bond acceptors (Lipinski definition) is 0. The van der Waals surface area contributed by atoms with E-state index in [1.807, 2.05) is 13.8 Å². The minimum atomic E-state index is 0.884. The first kappa shape index (κ1) is 10.7. The normalized spacial score (nSPS) is 16.8. The second-order valence-corrected chi connectivity index (χ2v) is 3.44. The summed E-state index contributed by atoms with van der Waals surface area (Å²) in [4.78, 5) is 0. The Morgan fingerprint density at radius 2 is 1.64 bits per heavy atom. The smallest absolute Gasteiger partial charge is 0.0319 e. The minimum absolute atomic E-state index is 0.884. The van der Waals surface area contributed by atoms with Crippen LogP contribution in [0.4, 0.5) is 0 Å². The molecule has 0 heteroatoms. The Kier molecular flexibility index (Phi) is 6.30. The molecule has 1 aliphatic carbocycles. The van der Waals surface area contributed by atoms with Crippen LogP contribution in [-0.2, 0) is 0 Å². The molecular formula is C11H22. The van der Waals surface area contributed by atoms with Crippen LogP contribution in [0, 0.1) is 11.8 Å². The van der Waals surface area contributed by atoms with Gasteiger partial charge in [0.1, 0.15) is 0 Å². The van der Waals surface area contributed by atoms with Crippen molar-refractivity contribution in [2.75, 3.05) is 0 Å². The van der Waals surface area contributed by atoms with Crippen LogP contribution in [-0.4, -0.2) is 0 Å². The number of rotatable bonds is 2. The van der Waals surface area contributed by atoms with Gasteiger partial charge in [-0.2, -0.15) is 0 Å². The molecule has 0 heterocycles. The number of allylic oxidation sites excluding steroid dienone is 2. The van der Waals surface area contributed by atoms with E-state index >= 15 is 0 Å². The summed E-state index contributed by atoms with van der Waals surface area (Å²) in [7, 11) is 0. The lowest BCUT2D eigenvalue weighted by atomic mass is 9.95. The van der Waals surface area contributed by atoms with E-state index in [-0.39, 0.29) is 0 Å².